The maximum absolute atomic E-state index is 12.1. The molecule has 5 heteroatoms. The van der Waals surface area contributed by atoms with E-state index in [-0.39, 0.29) is 11.3 Å². The molecule has 0 radical (unpaired) electrons. The lowest BCUT2D eigenvalue weighted by Gasteiger charge is -2.24. The molecule has 1 atom stereocenters. The van der Waals surface area contributed by atoms with Crippen LogP contribution in [0.5, 0.6) is 5.75 Å². The zero-order valence-electron chi connectivity index (χ0n) is 10.2. The summed E-state index contributed by atoms with van der Waals surface area (Å²) in [5.41, 5.74) is 0.838. The number of alkyl halides is 3. The van der Waals surface area contributed by atoms with E-state index in [1.165, 1.54) is 12.1 Å². The van der Waals surface area contributed by atoms with Crippen LogP contribution in [0.15, 0.2) is 24.3 Å². The second-order valence-corrected chi connectivity index (χ2v) is 4.96. The van der Waals surface area contributed by atoms with Gasteiger partial charge in [-0.15, -0.1) is 13.2 Å². The number of benzene rings is 1. The average Bonchev–Trinajstić information content (AvgIpc) is 2.62. The molecule has 0 aromatic heterocycles. The second-order valence-electron chi connectivity index (χ2n) is 4.96. The molecule has 0 saturated carbocycles. The van der Waals surface area contributed by atoms with Gasteiger partial charge in [-0.1, -0.05) is 12.1 Å². The summed E-state index contributed by atoms with van der Waals surface area (Å²) in [6.07, 6.45) is -1.78. The second kappa shape index (κ2) is 4.80. The van der Waals surface area contributed by atoms with Crippen molar-refractivity contribution in [2.24, 2.45) is 0 Å². The quantitative estimate of drug-likeness (QED) is 0.899. The van der Waals surface area contributed by atoms with Gasteiger partial charge in [-0.05, 0) is 50.4 Å². The first-order valence-electron chi connectivity index (χ1n) is 5.96. The van der Waals surface area contributed by atoms with Gasteiger partial charge < -0.3 is 10.1 Å². The van der Waals surface area contributed by atoms with Crippen molar-refractivity contribution in [1.82, 2.24) is 5.32 Å². The highest BCUT2D eigenvalue weighted by molar-refractivity contribution is 5.30. The van der Waals surface area contributed by atoms with Crippen LogP contribution in [-0.4, -0.2) is 18.4 Å². The monoisotopic (exact) mass is 259 g/mol. The molecule has 0 spiro atoms. The van der Waals surface area contributed by atoms with Crippen molar-refractivity contribution in [2.45, 2.75) is 38.1 Å². The van der Waals surface area contributed by atoms with Crippen molar-refractivity contribution in [1.29, 1.82) is 0 Å². The van der Waals surface area contributed by atoms with Crippen molar-refractivity contribution >= 4 is 0 Å². The number of rotatable bonds is 3. The zero-order chi connectivity index (χ0) is 13.2. The van der Waals surface area contributed by atoms with E-state index in [0.717, 1.165) is 24.9 Å². The molecule has 1 aromatic rings. The Morgan fingerprint density at radius 3 is 2.78 bits per heavy atom. The van der Waals surface area contributed by atoms with Gasteiger partial charge in [0.1, 0.15) is 5.75 Å². The van der Waals surface area contributed by atoms with Crippen LogP contribution >= 0.6 is 0 Å². The van der Waals surface area contributed by atoms with E-state index in [0.29, 0.717) is 6.42 Å². The third-order valence-corrected chi connectivity index (χ3v) is 3.18. The minimum absolute atomic E-state index is 0.0170. The topological polar surface area (TPSA) is 21.3 Å². The van der Waals surface area contributed by atoms with Gasteiger partial charge in [-0.3, -0.25) is 0 Å². The van der Waals surface area contributed by atoms with Crippen LogP contribution in [0.25, 0.3) is 0 Å². The number of hydrogen-bond donors (Lipinski definition) is 1. The Labute approximate surface area is 104 Å². The first kappa shape index (κ1) is 13.2. The van der Waals surface area contributed by atoms with E-state index in [1.54, 1.807) is 6.07 Å². The van der Waals surface area contributed by atoms with Crippen molar-refractivity contribution in [2.75, 3.05) is 6.54 Å². The Kier molecular flexibility index (Phi) is 3.52. The molecule has 0 amide bonds. The van der Waals surface area contributed by atoms with Gasteiger partial charge in [0.05, 0.1) is 0 Å². The number of hydrogen-bond acceptors (Lipinski definition) is 2. The molecular weight excluding hydrogens is 243 g/mol. The van der Waals surface area contributed by atoms with Crippen LogP contribution in [-0.2, 0) is 6.42 Å². The molecule has 1 unspecified atom stereocenters. The van der Waals surface area contributed by atoms with Gasteiger partial charge in [0.25, 0.3) is 0 Å². The van der Waals surface area contributed by atoms with Gasteiger partial charge >= 0.3 is 6.36 Å². The summed E-state index contributed by atoms with van der Waals surface area (Å²) in [6, 6.07) is 6.20. The van der Waals surface area contributed by atoms with Crippen LogP contribution < -0.4 is 10.1 Å². The minimum Gasteiger partial charge on any atom is -0.406 e. The van der Waals surface area contributed by atoms with E-state index in [9.17, 15) is 13.2 Å². The molecule has 1 fully saturated rings. The summed E-state index contributed by atoms with van der Waals surface area (Å²) in [5.74, 6) is -0.151. The van der Waals surface area contributed by atoms with Crippen molar-refractivity contribution in [3.8, 4) is 5.75 Å². The maximum atomic E-state index is 12.1. The average molecular weight is 259 g/mol. The third kappa shape index (κ3) is 3.63. The van der Waals surface area contributed by atoms with E-state index in [1.807, 2.05) is 6.07 Å². The van der Waals surface area contributed by atoms with Crippen LogP contribution in [0.1, 0.15) is 25.3 Å². The van der Waals surface area contributed by atoms with Crippen LogP contribution in [0.2, 0.25) is 0 Å². The molecule has 0 bridgehead atoms. The van der Waals surface area contributed by atoms with E-state index in [4.69, 9.17) is 0 Å². The highest BCUT2D eigenvalue weighted by Crippen LogP contribution is 2.27. The summed E-state index contributed by atoms with van der Waals surface area (Å²) >= 11 is 0. The Hall–Kier alpha value is -1.23. The zero-order valence-corrected chi connectivity index (χ0v) is 10.2. The van der Waals surface area contributed by atoms with Crippen LogP contribution in [0.4, 0.5) is 13.2 Å². The lowest BCUT2D eigenvalue weighted by atomic mass is 9.91. The molecule has 1 aliphatic rings. The number of ether oxygens (including phenoxy) is 1. The Morgan fingerprint density at radius 1 is 1.39 bits per heavy atom. The molecule has 1 aliphatic heterocycles. The first-order chi connectivity index (χ1) is 8.36. The summed E-state index contributed by atoms with van der Waals surface area (Å²) in [6.45, 7) is 3.06. The van der Waals surface area contributed by atoms with Crippen LogP contribution in [0, 0.1) is 0 Å². The lowest BCUT2D eigenvalue weighted by Crippen LogP contribution is -2.38. The molecule has 0 aliphatic carbocycles. The van der Waals surface area contributed by atoms with Crippen molar-refractivity contribution < 1.29 is 17.9 Å². The highest BCUT2D eigenvalue weighted by Gasteiger charge is 2.32. The molecule has 100 valence electrons. The summed E-state index contributed by atoms with van der Waals surface area (Å²) in [7, 11) is 0. The molecule has 1 aromatic carbocycles. The van der Waals surface area contributed by atoms with Crippen LogP contribution in [0.3, 0.4) is 0 Å². The predicted molar refractivity (Wildman–Crippen MR) is 62.5 cm³/mol. The van der Waals surface area contributed by atoms with E-state index in [2.05, 4.69) is 17.0 Å². The van der Waals surface area contributed by atoms with Gasteiger partial charge in [0.2, 0.25) is 0 Å². The Balaban J connectivity index is 2.07. The highest BCUT2D eigenvalue weighted by atomic mass is 19.4. The summed E-state index contributed by atoms with van der Waals surface area (Å²) < 4.78 is 40.3. The maximum Gasteiger partial charge on any atom is 0.573 e. The van der Waals surface area contributed by atoms with Crippen molar-refractivity contribution in [3.05, 3.63) is 29.8 Å². The molecule has 1 saturated heterocycles. The summed E-state index contributed by atoms with van der Waals surface area (Å²) in [5, 5.41) is 3.39. The molecule has 2 nitrogen and oxygen atoms in total. The van der Waals surface area contributed by atoms with E-state index >= 15 is 0 Å². The molecule has 18 heavy (non-hydrogen) atoms. The third-order valence-electron chi connectivity index (χ3n) is 3.18. The predicted octanol–water partition coefficient (Wildman–Crippen LogP) is 3.27. The van der Waals surface area contributed by atoms with Gasteiger partial charge in [-0.2, -0.15) is 0 Å². The van der Waals surface area contributed by atoms with Gasteiger partial charge in [0, 0.05) is 5.54 Å². The molecular formula is C13H16F3NO. The molecule has 1 heterocycles. The smallest absolute Gasteiger partial charge is 0.406 e. The SMILES string of the molecule is CC1(Cc2cccc(OC(F)(F)F)c2)CCCN1. The number of nitrogens with one attached hydrogen (secondary N) is 1. The fourth-order valence-electron chi connectivity index (χ4n) is 2.41. The molecule has 1 N–H and O–H groups in total. The minimum atomic E-state index is -4.63. The molecule has 2 rings (SSSR count). The normalized spacial score (nSPS) is 24.2. The fourth-order valence-corrected chi connectivity index (χ4v) is 2.41. The van der Waals surface area contributed by atoms with Gasteiger partial charge in [0.15, 0.2) is 0 Å². The van der Waals surface area contributed by atoms with Gasteiger partial charge in [-0.25, -0.2) is 0 Å². The van der Waals surface area contributed by atoms with E-state index < -0.39 is 6.36 Å². The van der Waals surface area contributed by atoms with Crippen molar-refractivity contribution in [3.63, 3.8) is 0 Å². The lowest BCUT2D eigenvalue weighted by molar-refractivity contribution is -0.274. The Bertz CT molecular complexity index is 411. The largest absolute Gasteiger partial charge is 0.573 e. The Morgan fingerprint density at radius 2 is 2.17 bits per heavy atom. The summed E-state index contributed by atoms with van der Waals surface area (Å²) in [4.78, 5) is 0. The fraction of sp³-hybridized carbons (Fsp3) is 0.538. The number of halogens is 3. The first-order valence-corrected chi connectivity index (χ1v) is 5.96. The standard InChI is InChI=1S/C13H16F3NO/c1-12(6-3-7-17-12)9-10-4-2-5-11(8-10)18-13(14,15)16/h2,4-5,8,17H,3,6-7,9H2,1H3.